The largest absolute Gasteiger partial charge is 0.271 e. The SMILES string of the molecule is CC1CCCC(C(NN)C(F)F)C1. The molecule has 13 heavy (non-hydrogen) atoms. The minimum absolute atomic E-state index is 0.0498. The highest BCUT2D eigenvalue weighted by Gasteiger charge is 2.31. The van der Waals surface area contributed by atoms with Crippen molar-refractivity contribution in [2.24, 2.45) is 17.7 Å². The minimum Gasteiger partial charge on any atom is -0.271 e. The van der Waals surface area contributed by atoms with Gasteiger partial charge < -0.3 is 0 Å². The van der Waals surface area contributed by atoms with Crippen LogP contribution < -0.4 is 11.3 Å². The molecule has 0 bridgehead atoms. The van der Waals surface area contributed by atoms with Crippen LogP contribution in [0, 0.1) is 11.8 Å². The lowest BCUT2D eigenvalue weighted by molar-refractivity contribution is 0.0512. The molecule has 0 radical (unpaired) electrons. The summed E-state index contributed by atoms with van der Waals surface area (Å²) < 4.78 is 24.9. The second-order valence-electron chi connectivity index (χ2n) is 4.06. The van der Waals surface area contributed by atoms with Gasteiger partial charge in [0, 0.05) is 0 Å². The molecule has 0 aromatic carbocycles. The van der Waals surface area contributed by atoms with Crippen molar-refractivity contribution >= 4 is 0 Å². The fourth-order valence-electron chi connectivity index (χ4n) is 2.22. The van der Waals surface area contributed by atoms with E-state index in [1.165, 1.54) is 0 Å². The van der Waals surface area contributed by atoms with Crippen LogP contribution in [0.4, 0.5) is 8.78 Å². The maximum atomic E-state index is 12.5. The van der Waals surface area contributed by atoms with Gasteiger partial charge in [-0.2, -0.15) is 0 Å². The predicted octanol–water partition coefficient (Wildman–Crippen LogP) is 1.91. The molecule has 0 aromatic heterocycles. The van der Waals surface area contributed by atoms with Gasteiger partial charge in [-0.05, 0) is 24.7 Å². The van der Waals surface area contributed by atoms with E-state index in [0.29, 0.717) is 5.92 Å². The molecule has 3 N–H and O–H groups in total. The lowest BCUT2D eigenvalue weighted by atomic mass is 9.79. The molecule has 0 aromatic rings. The molecular formula is C9H18F2N2. The summed E-state index contributed by atoms with van der Waals surface area (Å²) >= 11 is 0. The van der Waals surface area contributed by atoms with Crippen molar-refractivity contribution in [2.75, 3.05) is 0 Å². The average molecular weight is 192 g/mol. The van der Waals surface area contributed by atoms with Crippen molar-refractivity contribution in [2.45, 2.75) is 45.1 Å². The predicted molar refractivity (Wildman–Crippen MR) is 48.2 cm³/mol. The van der Waals surface area contributed by atoms with E-state index in [4.69, 9.17) is 5.84 Å². The highest BCUT2D eigenvalue weighted by molar-refractivity contribution is 4.81. The number of rotatable bonds is 3. The second kappa shape index (κ2) is 4.86. The molecule has 0 spiro atoms. The summed E-state index contributed by atoms with van der Waals surface area (Å²) in [6, 6.07) is -0.817. The molecule has 1 aliphatic rings. The van der Waals surface area contributed by atoms with Crippen molar-refractivity contribution in [3.05, 3.63) is 0 Å². The van der Waals surface area contributed by atoms with Gasteiger partial charge in [0.05, 0.1) is 6.04 Å². The lowest BCUT2D eigenvalue weighted by Crippen LogP contribution is -2.47. The van der Waals surface area contributed by atoms with Gasteiger partial charge >= 0.3 is 0 Å². The molecule has 0 aliphatic heterocycles. The minimum atomic E-state index is -2.35. The smallest absolute Gasteiger partial charge is 0.255 e. The summed E-state index contributed by atoms with van der Waals surface area (Å²) in [5.41, 5.74) is 2.24. The molecule has 1 saturated carbocycles. The van der Waals surface area contributed by atoms with Gasteiger partial charge in [-0.15, -0.1) is 0 Å². The third kappa shape index (κ3) is 2.88. The molecule has 3 atom stereocenters. The van der Waals surface area contributed by atoms with E-state index >= 15 is 0 Å². The number of hydrazine groups is 1. The number of hydrogen-bond donors (Lipinski definition) is 2. The Balaban J connectivity index is 2.47. The van der Waals surface area contributed by atoms with E-state index in [0.717, 1.165) is 25.7 Å². The summed E-state index contributed by atoms with van der Waals surface area (Å²) in [5.74, 6) is 5.73. The Morgan fingerprint density at radius 3 is 2.54 bits per heavy atom. The number of alkyl halides is 2. The quantitative estimate of drug-likeness (QED) is 0.529. The molecular weight excluding hydrogens is 174 g/mol. The molecule has 1 fully saturated rings. The molecule has 2 nitrogen and oxygen atoms in total. The van der Waals surface area contributed by atoms with Crippen LogP contribution in [0.2, 0.25) is 0 Å². The second-order valence-corrected chi connectivity index (χ2v) is 4.06. The summed E-state index contributed by atoms with van der Waals surface area (Å²) in [6.45, 7) is 2.12. The molecule has 1 aliphatic carbocycles. The first kappa shape index (κ1) is 10.9. The monoisotopic (exact) mass is 192 g/mol. The Bertz CT molecular complexity index is 153. The van der Waals surface area contributed by atoms with E-state index in [9.17, 15) is 8.78 Å². The van der Waals surface area contributed by atoms with Crippen molar-refractivity contribution < 1.29 is 8.78 Å². The third-order valence-electron chi connectivity index (χ3n) is 2.95. The van der Waals surface area contributed by atoms with Gasteiger partial charge in [0.15, 0.2) is 0 Å². The number of halogens is 2. The first-order chi connectivity index (χ1) is 6.15. The molecule has 4 heteroatoms. The Hall–Kier alpha value is -0.220. The van der Waals surface area contributed by atoms with Crippen LogP contribution in [0.15, 0.2) is 0 Å². The van der Waals surface area contributed by atoms with Gasteiger partial charge in [0.25, 0.3) is 6.43 Å². The number of nitrogens with two attached hydrogens (primary N) is 1. The zero-order valence-electron chi connectivity index (χ0n) is 7.97. The highest BCUT2D eigenvalue weighted by atomic mass is 19.3. The summed E-state index contributed by atoms with van der Waals surface area (Å²) in [4.78, 5) is 0. The van der Waals surface area contributed by atoms with E-state index < -0.39 is 12.5 Å². The Morgan fingerprint density at radius 1 is 1.38 bits per heavy atom. The van der Waals surface area contributed by atoms with Crippen molar-refractivity contribution in [1.82, 2.24) is 5.43 Å². The fourth-order valence-corrected chi connectivity index (χ4v) is 2.22. The molecule has 78 valence electrons. The van der Waals surface area contributed by atoms with E-state index in [-0.39, 0.29) is 5.92 Å². The zero-order valence-corrected chi connectivity index (χ0v) is 7.97. The maximum Gasteiger partial charge on any atom is 0.255 e. The van der Waals surface area contributed by atoms with Crippen molar-refractivity contribution in [1.29, 1.82) is 0 Å². The fraction of sp³-hybridized carbons (Fsp3) is 1.00. The number of hydrogen-bond acceptors (Lipinski definition) is 2. The van der Waals surface area contributed by atoms with Gasteiger partial charge in [0.1, 0.15) is 0 Å². The van der Waals surface area contributed by atoms with Gasteiger partial charge in [0.2, 0.25) is 0 Å². The first-order valence-corrected chi connectivity index (χ1v) is 4.89. The van der Waals surface area contributed by atoms with Crippen LogP contribution in [0.1, 0.15) is 32.6 Å². The Kier molecular flexibility index (Phi) is 4.06. The normalized spacial score (nSPS) is 32.1. The summed E-state index contributed by atoms with van der Waals surface area (Å²) in [5, 5.41) is 0. The highest BCUT2D eigenvalue weighted by Crippen LogP contribution is 2.32. The van der Waals surface area contributed by atoms with Crippen LogP contribution in [-0.2, 0) is 0 Å². The van der Waals surface area contributed by atoms with Crippen LogP contribution >= 0.6 is 0 Å². The van der Waals surface area contributed by atoms with Gasteiger partial charge in [-0.3, -0.25) is 11.3 Å². The van der Waals surface area contributed by atoms with E-state index in [1.54, 1.807) is 0 Å². The van der Waals surface area contributed by atoms with Crippen LogP contribution in [0.5, 0.6) is 0 Å². The molecule has 0 saturated heterocycles. The van der Waals surface area contributed by atoms with E-state index in [2.05, 4.69) is 12.3 Å². The topological polar surface area (TPSA) is 38.0 Å². The Morgan fingerprint density at radius 2 is 2.08 bits per heavy atom. The number of nitrogens with one attached hydrogen (secondary N) is 1. The molecule has 0 amide bonds. The Labute approximate surface area is 77.8 Å². The lowest BCUT2D eigenvalue weighted by Gasteiger charge is -2.32. The summed E-state index contributed by atoms with van der Waals surface area (Å²) in [6.07, 6.45) is 1.62. The van der Waals surface area contributed by atoms with E-state index in [1.807, 2.05) is 0 Å². The van der Waals surface area contributed by atoms with Crippen molar-refractivity contribution in [3.63, 3.8) is 0 Å². The van der Waals surface area contributed by atoms with Gasteiger partial charge in [-0.25, -0.2) is 8.78 Å². The maximum absolute atomic E-state index is 12.5. The first-order valence-electron chi connectivity index (χ1n) is 4.89. The zero-order chi connectivity index (χ0) is 9.84. The van der Waals surface area contributed by atoms with Crippen LogP contribution in [-0.4, -0.2) is 12.5 Å². The standard InChI is InChI=1S/C9H18F2N2/c1-6-3-2-4-7(5-6)8(13-12)9(10)11/h6-9,13H,2-5,12H2,1H3. The average Bonchev–Trinajstić information content (AvgIpc) is 2.04. The molecule has 1 rings (SSSR count). The molecule has 0 heterocycles. The van der Waals surface area contributed by atoms with Crippen LogP contribution in [0.3, 0.4) is 0 Å². The van der Waals surface area contributed by atoms with Gasteiger partial charge in [-0.1, -0.05) is 19.8 Å². The summed E-state index contributed by atoms with van der Waals surface area (Å²) in [7, 11) is 0. The third-order valence-corrected chi connectivity index (χ3v) is 2.95. The molecule has 3 unspecified atom stereocenters. The van der Waals surface area contributed by atoms with Crippen molar-refractivity contribution in [3.8, 4) is 0 Å². The van der Waals surface area contributed by atoms with Crippen LogP contribution in [0.25, 0.3) is 0 Å².